The Kier molecular flexibility index (Phi) is 5.56. The second kappa shape index (κ2) is 7.41. The van der Waals surface area contributed by atoms with E-state index in [0.29, 0.717) is 5.92 Å². The molecule has 2 aromatic rings. The molecule has 1 aromatic heterocycles. The molecule has 1 aromatic carbocycles. The van der Waals surface area contributed by atoms with Crippen molar-refractivity contribution in [2.24, 2.45) is 5.92 Å². The molecule has 0 bridgehead atoms. The van der Waals surface area contributed by atoms with E-state index in [4.69, 9.17) is 4.98 Å². The third-order valence-electron chi connectivity index (χ3n) is 3.01. The minimum Gasteiger partial charge on any atom is -0.318 e. The Labute approximate surface area is 125 Å². The smallest absolute Gasteiger partial charge is 0.190 e. The van der Waals surface area contributed by atoms with Gasteiger partial charge in [-0.25, -0.2) is 4.98 Å². The summed E-state index contributed by atoms with van der Waals surface area (Å²) in [7, 11) is 0. The standard InChI is InChI=1S/C16H23N3S/c1-4-19(15-8-6-5-7-9-15)16-18-14(12-20-16)11-17-10-13(2)3/h5-9,12-13,17H,4,10-11H2,1-3H3. The molecule has 0 aliphatic rings. The van der Waals surface area contributed by atoms with Crippen molar-refractivity contribution >= 4 is 22.2 Å². The van der Waals surface area contributed by atoms with Gasteiger partial charge in [-0.2, -0.15) is 0 Å². The predicted octanol–water partition coefficient (Wildman–Crippen LogP) is 4.05. The Balaban J connectivity index is 2.03. The number of nitrogens with zero attached hydrogens (tertiary/aromatic N) is 2. The normalized spacial score (nSPS) is 11.0. The SMILES string of the molecule is CCN(c1ccccc1)c1nc(CNCC(C)C)cs1. The minimum atomic E-state index is 0.671. The van der Waals surface area contributed by atoms with Gasteiger partial charge >= 0.3 is 0 Å². The summed E-state index contributed by atoms with van der Waals surface area (Å²) in [5.41, 5.74) is 2.33. The molecule has 1 heterocycles. The van der Waals surface area contributed by atoms with Crippen LogP contribution in [-0.4, -0.2) is 18.1 Å². The highest BCUT2D eigenvalue weighted by Crippen LogP contribution is 2.27. The molecule has 1 N–H and O–H groups in total. The molecular weight excluding hydrogens is 266 g/mol. The van der Waals surface area contributed by atoms with Crippen molar-refractivity contribution in [2.75, 3.05) is 18.0 Å². The predicted molar refractivity (Wildman–Crippen MR) is 87.8 cm³/mol. The maximum absolute atomic E-state index is 4.74. The summed E-state index contributed by atoms with van der Waals surface area (Å²) in [6, 6.07) is 10.4. The molecular formula is C16H23N3S. The van der Waals surface area contributed by atoms with Crippen LogP contribution in [-0.2, 0) is 6.54 Å². The Hall–Kier alpha value is -1.39. The van der Waals surface area contributed by atoms with Crippen LogP contribution in [0.3, 0.4) is 0 Å². The first-order valence-corrected chi connectivity index (χ1v) is 8.06. The maximum atomic E-state index is 4.74. The van der Waals surface area contributed by atoms with E-state index in [1.807, 2.05) is 6.07 Å². The molecule has 0 unspecified atom stereocenters. The maximum Gasteiger partial charge on any atom is 0.190 e. The van der Waals surface area contributed by atoms with Gasteiger partial charge in [0.25, 0.3) is 0 Å². The molecule has 108 valence electrons. The fourth-order valence-electron chi connectivity index (χ4n) is 2.03. The number of hydrogen-bond donors (Lipinski definition) is 1. The Bertz CT molecular complexity index is 507. The van der Waals surface area contributed by atoms with Gasteiger partial charge in [-0.3, -0.25) is 0 Å². The molecule has 0 aliphatic carbocycles. The van der Waals surface area contributed by atoms with E-state index in [1.165, 1.54) is 5.69 Å². The lowest BCUT2D eigenvalue weighted by Crippen LogP contribution is -2.19. The zero-order chi connectivity index (χ0) is 14.4. The quantitative estimate of drug-likeness (QED) is 0.833. The zero-order valence-electron chi connectivity index (χ0n) is 12.5. The fraction of sp³-hybridized carbons (Fsp3) is 0.438. The molecule has 0 atom stereocenters. The van der Waals surface area contributed by atoms with Crippen LogP contribution in [0.25, 0.3) is 0 Å². The van der Waals surface area contributed by atoms with Crippen LogP contribution in [0.5, 0.6) is 0 Å². The van der Waals surface area contributed by atoms with Crippen LogP contribution in [0.1, 0.15) is 26.5 Å². The number of rotatable bonds is 7. The van der Waals surface area contributed by atoms with E-state index >= 15 is 0 Å². The topological polar surface area (TPSA) is 28.2 Å². The third kappa shape index (κ3) is 4.05. The highest BCUT2D eigenvalue weighted by Gasteiger charge is 2.11. The molecule has 20 heavy (non-hydrogen) atoms. The van der Waals surface area contributed by atoms with Gasteiger partial charge in [0, 0.05) is 24.2 Å². The van der Waals surface area contributed by atoms with Gasteiger partial charge in [-0.1, -0.05) is 32.0 Å². The number of anilines is 2. The van der Waals surface area contributed by atoms with Crippen molar-refractivity contribution in [1.82, 2.24) is 10.3 Å². The van der Waals surface area contributed by atoms with E-state index in [9.17, 15) is 0 Å². The van der Waals surface area contributed by atoms with E-state index in [-0.39, 0.29) is 0 Å². The van der Waals surface area contributed by atoms with Gasteiger partial charge in [0.15, 0.2) is 5.13 Å². The molecule has 0 spiro atoms. The number of benzene rings is 1. The average molecular weight is 289 g/mol. The van der Waals surface area contributed by atoms with E-state index in [2.05, 4.69) is 60.6 Å². The van der Waals surface area contributed by atoms with Crippen molar-refractivity contribution in [3.8, 4) is 0 Å². The molecule has 0 aliphatic heterocycles. The van der Waals surface area contributed by atoms with Gasteiger partial charge in [0.05, 0.1) is 5.69 Å². The van der Waals surface area contributed by atoms with Crippen molar-refractivity contribution in [2.45, 2.75) is 27.3 Å². The first-order valence-electron chi connectivity index (χ1n) is 7.18. The van der Waals surface area contributed by atoms with E-state index in [0.717, 1.165) is 30.5 Å². The molecule has 0 fully saturated rings. The van der Waals surface area contributed by atoms with Gasteiger partial charge < -0.3 is 10.2 Å². The van der Waals surface area contributed by atoms with Crippen LogP contribution in [0.2, 0.25) is 0 Å². The number of nitrogens with one attached hydrogen (secondary N) is 1. The monoisotopic (exact) mass is 289 g/mol. The number of aromatic nitrogens is 1. The lowest BCUT2D eigenvalue weighted by molar-refractivity contribution is 0.549. The van der Waals surface area contributed by atoms with Crippen LogP contribution >= 0.6 is 11.3 Å². The van der Waals surface area contributed by atoms with Crippen LogP contribution in [0, 0.1) is 5.92 Å². The molecule has 2 rings (SSSR count). The molecule has 0 saturated heterocycles. The Morgan fingerprint density at radius 2 is 2.00 bits per heavy atom. The summed E-state index contributed by atoms with van der Waals surface area (Å²) in [6.07, 6.45) is 0. The molecule has 0 amide bonds. The van der Waals surface area contributed by atoms with Crippen molar-refractivity contribution < 1.29 is 0 Å². The molecule has 0 radical (unpaired) electrons. The molecule has 4 heteroatoms. The van der Waals surface area contributed by atoms with Gasteiger partial charge in [-0.15, -0.1) is 11.3 Å². The van der Waals surface area contributed by atoms with Crippen LogP contribution < -0.4 is 10.2 Å². The number of para-hydroxylation sites is 1. The van der Waals surface area contributed by atoms with Gasteiger partial charge in [-0.05, 0) is 31.5 Å². The van der Waals surface area contributed by atoms with Gasteiger partial charge in [0.2, 0.25) is 0 Å². The summed E-state index contributed by atoms with van der Waals surface area (Å²) < 4.78 is 0. The van der Waals surface area contributed by atoms with Crippen LogP contribution in [0.4, 0.5) is 10.8 Å². The second-order valence-electron chi connectivity index (χ2n) is 5.23. The summed E-state index contributed by atoms with van der Waals surface area (Å²) in [6.45, 7) is 9.40. The van der Waals surface area contributed by atoms with E-state index < -0.39 is 0 Å². The first kappa shape index (κ1) is 15.0. The van der Waals surface area contributed by atoms with Gasteiger partial charge in [0.1, 0.15) is 0 Å². The largest absolute Gasteiger partial charge is 0.318 e. The van der Waals surface area contributed by atoms with Crippen molar-refractivity contribution in [3.05, 3.63) is 41.4 Å². The zero-order valence-corrected chi connectivity index (χ0v) is 13.3. The fourth-order valence-corrected chi connectivity index (χ4v) is 2.94. The summed E-state index contributed by atoms with van der Waals surface area (Å²) in [5, 5.41) is 6.65. The number of hydrogen-bond acceptors (Lipinski definition) is 4. The highest BCUT2D eigenvalue weighted by molar-refractivity contribution is 7.13. The van der Waals surface area contributed by atoms with Crippen molar-refractivity contribution in [3.63, 3.8) is 0 Å². The number of thiazole rings is 1. The minimum absolute atomic E-state index is 0.671. The highest BCUT2D eigenvalue weighted by atomic mass is 32.1. The first-order chi connectivity index (χ1) is 9.70. The average Bonchev–Trinajstić information content (AvgIpc) is 2.89. The lowest BCUT2D eigenvalue weighted by atomic mass is 10.2. The summed E-state index contributed by atoms with van der Waals surface area (Å²) >= 11 is 1.71. The summed E-state index contributed by atoms with van der Waals surface area (Å²) in [5.74, 6) is 0.671. The second-order valence-corrected chi connectivity index (χ2v) is 6.06. The Morgan fingerprint density at radius 3 is 2.65 bits per heavy atom. The van der Waals surface area contributed by atoms with E-state index in [1.54, 1.807) is 11.3 Å². The third-order valence-corrected chi connectivity index (χ3v) is 3.93. The molecule has 3 nitrogen and oxygen atoms in total. The van der Waals surface area contributed by atoms with Crippen molar-refractivity contribution in [1.29, 1.82) is 0 Å². The Morgan fingerprint density at radius 1 is 1.25 bits per heavy atom. The molecule has 0 saturated carbocycles. The van der Waals surface area contributed by atoms with Crippen LogP contribution in [0.15, 0.2) is 35.7 Å². The summed E-state index contributed by atoms with van der Waals surface area (Å²) in [4.78, 5) is 6.98. The lowest BCUT2D eigenvalue weighted by Gasteiger charge is -2.19.